The van der Waals surface area contributed by atoms with Gasteiger partial charge in [0.05, 0.1) is 6.61 Å². The molecule has 21 heavy (non-hydrogen) atoms. The largest absolute Gasteiger partial charge is 0.481 e. The highest BCUT2D eigenvalue weighted by Crippen LogP contribution is 2.11. The zero-order chi connectivity index (χ0) is 16.3. The van der Waals surface area contributed by atoms with Gasteiger partial charge in [-0.05, 0) is 31.6 Å². The lowest BCUT2D eigenvalue weighted by Gasteiger charge is -2.30. The van der Waals surface area contributed by atoms with Crippen LogP contribution in [0, 0.1) is 5.92 Å². The Morgan fingerprint density at radius 2 is 1.81 bits per heavy atom. The zero-order valence-electron chi connectivity index (χ0n) is 13.5. The molecule has 0 rings (SSSR count). The van der Waals surface area contributed by atoms with E-state index in [0.717, 1.165) is 19.3 Å². The van der Waals surface area contributed by atoms with E-state index in [-0.39, 0.29) is 31.0 Å². The van der Waals surface area contributed by atoms with E-state index in [1.807, 2.05) is 20.8 Å². The fourth-order valence-corrected chi connectivity index (χ4v) is 2.33. The lowest BCUT2D eigenvalue weighted by Crippen LogP contribution is -2.47. The van der Waals surface area contributed by atoms with Crippen LogP contribution in [0.5, 0.6) is 0 Å². The van der Waals surface area contributed by atoms with E-state index in [2.05, 4.69) is 5.32 Å². The van der Waals surface area contributed by atoms with Crippen molar-refractivity contribution < 1.29 is 19.8 Å². The summed E-state index contributed by atoms with van der Waals surface area (Å²) in [7, 11) is 0. The van der Waals surface area contributed by atoms with Crippen molar-refractivity contribution in [1.82, 2.24) is 10.2 Å². The van der Waals surface area contributed by atoms with Gasteiger partial charge in [-0.2, -0.15) is 0 Å². The SMILES string of the molecule is CCC(CC)N(CCO)C(=O)NCCC(C)CCC(=O)O. The van der Waals surface area contributed by atoms with Gasteiger partial charge in [-0.25, -0.2) is 4.79 Å². The highest BCUT2D eigenvalue weighted by molar-refractivity contribution is 5.74. The molecule has 3 N–H and O–H groups in total. The van der Waals surface area contributed by atoms with Crippen molar-refractivity contribution in [1.29, 1.82) is 0 Å². The van der Waals surface area contributed by atoms with Gasteiger partial charge in [-0.15, -0.1) is 0 Å². The third kappa shape index (κ3) is 8.55. The van der Waals surface area contributed by atoms with Crippen molar-refractivity contribution in [2.24, 2.45) is 5.92 Å². The van der Waals surface area contributed by atoms with E-state index < -0.39 is 5.97 Å². The first-order chi connectivity index (χ1) is 9.96. The van der Waals surface area contributed by atoms with Crippen molar-refractivity contribution in [2.75, 3.05) is 19.7 Å². The summed E-state index contributed by atoms with van der Waals surface area (Å²) in [6, 6.07) is -0.00947. The Morgan fingerprint density at radius 3 is 2.29 bits per heavy atom. The topological polar surface area (TPSA) is 89.9 Å². The first kappa shape index (κ1) is 19.7. The molecule has 0 spiro atoms. The number of hydrogen-bond acceptors (Lipinski definition) is 3. The summed E-state index contributed by atoms with van der Waals surface area (Å²) in [4.78, 5) is 24.3. The second kappa shape index (κ2) is 11.4. The third-order valence-electron chi connectivity index (χ3n) is 3.75. The third-order valence-corrected chi connectivity index (χ3v) is 3.75. The average Bonchev–Trinajstić information content (AvgIpc) is 2.45. The molecule has 2 amide bonds. The molecule has 124 valence electrons. The molecule has 0 bridgehead atoms. The quantitative estimate of drug-likeness (QED) is 0.545. The van der Waals surface area contributed by atoms with Gasteiger partial charge in [-0.1, -0.05) is 20.8 Å². The van der Waals surface area contributed by atoms with E-state index in [9.17, 15) is 9.59 Å². The number of amides is 2. The normalized spacial score (nSPS) is 12.2. The van der Waals surface area contributed by atoms with E-state index >= 15 is 0 Å². The average molecular weight is 302 g/mol. The molecular weight excluding hydrogens is 272 g/mol. The Bertz CT molecular complexity index is 306. The molecule has 0 aromatic rings. The fourth-order valence-electron chi connectivity index (χ4n) is 2.33. The molecule has 6 heteroatoms. The summed E-state index contributed by atoms with van der Waals surface area (Å²) < 4.78 is 0. The standard InChI is InChI=1S/C15H30N2O4/c1-4-13(5-2)17(10-11-18)15(21)16-9-8-12(3)6-7-14(19)20/h12-13,18H,4-11H2,1-3H3,(H,16,21)(H,19,20). The van der Waals surface area contributed by atoms with Crippen molar-refractivity contribution in [2.45, 2.75) is 58.9 Å². The van der Waals surface area contributed by atoms with Gasteiger partial charge in [-0.3, -0.25) is 4.79 Å². The summed E-state index contributed by atoms with van der Waals surface area (Å²) in [6.07, 6.45) is 3.27. The summed E-state index contributed by atoms with van der Waals surface area (Å²) in [5.41, 5.74) is 0. The van der Waals surface area contributed by atoms with Gasteiger partial charge in [0.2, 0.25) is 0 Å². The van der Waals surface area contributed by atoms with Gasteiger partial charge >= 0.3 is 12.0 Å². The van der Waals surface area contributed by atoms with Crippen LogP contribution in [0.1, 0.15) is 52.9 Å². The number of aliphatic hydroxyl groups excluding tert-OH is 1. The minimum atomic E-state index is -0.784. The monoisotopic (exact) mass is 302 g/mol. The summed E-state index contributed by atoms with van der Waals surface area (Å²) in [5.74, 6) is -0.519. The molecule has 1 atom stereocenters. The molecule has 0 aromatic carbocycles. The van der Waals surface area contributed by atoms with Crippen LogP contribution in [-0.2, 0) is 4.79 Å². The maximum atomic E-state index is 12.1. The maximum Gasteiger partial charge on any atom is 0.317 e. The number of carboxylic acids is 1. The maximum absolute atomic E-state index is 12.1. The summed E-state index contributed by atoms with van der Waals surface area (Å²) in [6.45, 7) is 6.87. The fraction of sp³-hybridized carbons (Fsp3) is 0.867. The predicted molar refractivity (Wildman–Crippen MR) is 82.2 cm³/mol. The molecule has 6 nitrogen and oxygen atoms in total. The van der Waals surface area contributed by atoms with Crippen molar-refractivity contribution in [3.8, 4) is 0 Å². The molecule has 0 saturated heterocycles. The van der Waals surface area contributed by atoms with Crippen LogP contribution in [0.25, 0.3) is 0 Å². The van der Waals surface area contributed by atoms with Gasteiger partial charge in [0.25, 0.3) is 0 Å². The highest BCUT2D eigenvalue weighted by Gasteiger charge is 2.20. The van der Waals surface area contributed by atoms with Crippen LogP contribution >= 0.6 is 0 Å². The molecule has 0 radical (unpaired) electrons. The number of hydrogen-bond donors (Lipinski definition) is 3. The Hall–Kier alpha value is -1.30. The number of aliphatic hydroxyl groups is 1. The van der Waals surface area contributed by atoms with E-state index in [1.54, 1.807) is 4.90 Å². The van der Waals surface area contributed by atoms with Crippen molar-refractivity contribution >= 4 is 12.0 Å². The minimum absolute atomic E-state index is 0.0427. The molecule has 0 fully saturated rings. The molecule has 0 saturated carbocycles. The molecule has 0 aliphatic carbocycles. The Kier molecular flexibility index (Phi) is 10.7. The number of urea groups is 1. The summed E-state index contributed by atoms with van der Waals surface area (Å²) >= 11 is 0. The van der Waals surface area contributed by atoms with E-state index in [1.165, 1.54) is 0 Å². The number of carboxylic acid groups (broad SMARTS) is 1. The van der Waals surface area contributed by atoms with E-state index in [4.69, 9.17) is 10.2 Å². The Morgan fingerprint density at radius 1 is 1.19 bits per heavy atom. The number of carbonyl (C=O) groups excluding carboxylic acids is 1. The second-order valence-electron chi connectivity index (χ2n) is 5.45. The van der Waals surface area contributed by atoms with Crippen molar-refractivity contribution in [3.63, 3.8) is 0 Å². The van der Waals surface area contributed by atoms with Crippen molar-refractivity contribution in [3.05, 3.63) is 0 Å². The Balaban J connectivity index is 4.16. The summed E-state index contributed by atoms with van der Waals surface area (Å²) in [5, 5.41) is 20.6. The number of aliphatic carboxylic acids is 1. The number of rotatable bonds is 11. The first-order valence-corrected chi connectivity index (χ1v) is 7.83. The number of nitrogens with zero attached hydrogens (tertiary/aromatic N) is 1. The number of carbonyl (C=O) groups is 2. The lowest BCUT2D eigenvalue weighted by molar-refractivity contribution is -0.137. The Labute approximate surface area is 127 Å². The van der Waals surface area contributed by atoms with Gasteiger partial charge in [0, 0.05) is 25.6 Å². The predicted octanol–water partition coefficient (Wildman–Crippen LogP) is 2.07. The van der Waals surface area contributed by atoms with E-state index in [0.29, 0.717) is 19.5 Å². The first-order valence-electron chi connectivity index (χ1n) is 7.83. The lowest BCUT2D eigenvalue weighted by atomic mass is 10.0. The van der Waals surface area contributed by atoms with Gasteiger partial charge in [0.15, 0.2) is 0 Å². The highest BCUT2D eigenvalue weighted by atomic mass is 16.4. The van der Waals surface area contributed by atoms with Gasteiger partial charge in [0.1, 0.15) is 0 Å². The van der Waals surface area contributed by atoms with Crippen LogP contribution in [0.4, 0.5) is 4.79 Å². The molecule has 0 aliphatic heterocycles. The smallest absolute Gasteiger partial charge is 0.317 e. The van der Waals surface area contributed by atoms with Crippen LogP contribution in [0.3, 0.4) is 0 Å². The molecule has 1 unspecified atom stereocenters. The van der Waals surface area contributed by atoms with Crippen LogP contribution in [0.15, 0.2) is 0 Å². The molecular formula is C15H30N2O4. The zero-order valence-corrected chi connectivity index (χ0v) is 13.5. The van der Waals surface area contributed by atoms with Gasteiger partial charge < -0.3 is 20.4 Å². The van der Waals surface area contributed by atoms with Crippen LogP contribution < -0.4 is 5.32 Å². The molecule has 0 aromatic heterocycles. The van der Waals surface area contributed by atoms with Crippen LogP contribution in [0.2, 0.25) is 0 Å². The molecule has 0 aliphatic rings. The minimum Gasteiger partial charge on any atom is -0.481 e. The van der Waals surface area contributed by atoms with Crippen LogP contribution in [-0.4, -0.2) is 52.9 Å². The second-order valence-corrected chi connectivity index (χ2v) is 5.45. The number of nitrogens with one attached hydrogen (secondary N) is 1. The molecule has 0 heterocycles.